The first kappa shape index (κ1) is 35.0. The Balaban J connectivity index is 0.950. The van der Waals surface area contributed by atoms with Crippen LogP contribution in [0.25, 0.3) is 108 Å². The third-order valence-corrected chi connectivity index (χ3v) is 15.6. The molecule has 0 radical (unpaired) electrons. The summed E-state index contributed by atoms with van der Waals surface area (Å²) in [7, 11) is 0. The van der Waals surface area contributed by atoms with E-state index in [-0.39, 0.29) is 10.8 Å². The minimum absolute atomic E-state index is 0.127. The summed E-state index contributed by atoms with van der Waals surface area (Å²) >= 11 is 1.91. The van der Waals surface area contributed by atoms with Crippen molar-refractivity contribution in [2.24, 2.45) is 0 Å². The Labute approximate surface area is 360 Å². The molecule has 2 aliphatic carbocycles. The maximum Gasteiger partial charge on any atom is 0.0361 e. The predicted octanol–water partition coefficient (Wildman–Crippen LogP) is 17.1. The average molecular weight is 795 g/mol. The second-order valence-corrected chi connectivity index (χ2v) is 19.4. The Morgan fingerprint density at radius 3 is 1.57 bits per heavy atom. The molecular weight excluding hydrogens is 753 g/mol. The minimum atomic E-state index is -0.139. The monoisotopic (exact) mass is 794 g/mol. The van der Waals surface area contributed by atoms with Crippen LogP contribution >= 0.6 is 11.3 Å². The first-order valence-corrected chi connectivity index (χ1v) is 22.4. The number of fused-ring (bicyclic) bond motifs is 14. The molecule has 0 saturated heterocycles. The quantitative estimate of drug-likeness (QED) is 0.156. The first-order chi connectivity index (χ1) is 29.8. The zero-order chi connectivity index (χ0) is 40.8. The van der Waals surface area contributed by atoms with Gasteiger partial charge in [-0.05, 0) is 141 Å². The van der Waals surface area contributed by atoms with Gasteiger partial charge in [-0.3, -0.25) is 0 Å². The highest BCUT2D eigenvalue weighted by atomic mass is 32.1. The van der Waals surface area contributed by atoms with Gasteiger partial charge >= 0.3 is 0 Å². The van der Waals surface area contributed by atoms with Gasteiger partial charge in [0.05, 0.1) is 0 Å². The van der Waals surface area contributed by atoms with Gasteiger partial charge in [-0.15, -0.1) is 11.3 Å². The maximum atomic E-state index is 2.48. The van der Waals surface area contributed by atoms with Gasteiger partial charge in [-0.2, -0.15) is 0 Å². The van der Waals surface area contributed by atoms with E-state index in [2.05, 4.69) is 210 Å². The van der Waals surface area contributed by atoms with E-state index < -0.39 is 0 Å². The van der Waals surface area contributed by atoms with E-state index in [4.69, 9.17) is 0 Å². The van der Waals surface area contributed by atoms with Crippen LogP contribution in [0.3, 0.4) is 0 Å². The van der Waals surface area contributed by atoms with Crippen LogP contribution < -0.4 is 0 Å². The van der Waals surface area contributed by atoms with Gasteiger partial charge in [-0.1, -0.05) is 179 Å². The summed E-state index contributed by atoms with van der Waals surface area (Å²) in [4.78, 5) is 0. The number of thiophene rings is 1. The van der Waals surface area contributed by atoms with E-state index in [9.17, 15) is 0 Å². The molecule has 0 spiro atoms. The molecule has 0 amide bonds. The molecule has 0 bridgehead atoms. The molecule has 10 aromatic carbocycles. The summed E-state index contributed by atoms with van der Waals surface area (Å²) in [6.45, 7) is 9.66. The number of hydrogen-bond donors (Lipinski definition) is 0. The molecule has 0 saturated carbocycles. The molecule has 1 heterocycles. The minimum Gasteiger partial charge on any atom is -0.135 e. The molecule has 0 N–H and O–H groups in total. The van der Waals surface area contributed by atoms with E-state index in [0.29, 0.717) is 0 Å². The summed E-state index contributed by atoms with van der Waals surface area (Å²) in [5.74, 6) is 0. The fourth-order valence-electron chi connectivity index (χ4n) is 11.6. The van der Waals surface area contributed by atoms with E-state index in [1.165, 1.54) is 130 Å². The number of benzene rings is 10. The molecule has 1 heteroatoms. The normalized spacial score (nSPS) is 14.5. The van der Waals surface area contributed by atoms with Crippen molar-refractivity contribution in [1.82, 2.24) is 0 Å². The van der Waals surface area contributed by atoms with Crippen LogP contribution in [-0.4, -0.2) is 0 Å². The SMILES string of the molecule is CC1(C)c2ccc(-c3c4ccccc4c(-c4ccccc4)c4ccccc34)cc2-c2ccc(-c3ccc4c(c3)-c3ccc5ccc6sc7ccccc7c6c5c3C4(C)C)cc21. The molecule has 0 nitrogen and oxygen atoms in total. The third kappa shape index (κ3) is 4.76. The fourth-order valence-corrected chi connectivity index (χ4v) is 12.7. The third-order valence-electron chi connectivity index (χ3n) is 14.4. The lowest BCUT2D eigenvalue weighted by atomic mass is 9.79. The Hall–Kier alpha value is -6.80. The highest BCUT2D eigenvalue weighted by molar-refractivity contribution is 7.26. The van der Waals surface area contributed by atoms with E-state index in [1.54, 1.807) is 0 Å². The van der Waals surface area contributed by atoms with Crippen molar-refractivity contribution in [3.05, 3.63) is 204 Å². The van der Waals surface area contributed by atoms with Crippen molar-refractivity contribution in [2.75, 3.05) is 0 Å². The molecule has 11 aromatic rings. The van der Waals surface area contributed by atoms with Crippen LogP contribution in [0, 0.1) is 0 Å². The summed E-state index contributed by atoms with van der Waals surface area (Å²) in [5.41, 5.74) is 18.5. The van der Waals surface area contributed by atoms with Crippen LogP contribution in [0.4, 0.5) is 0 Å². The second kappa shape index (κ2) is 12.4. The van der Waals surface area contributed by atoms with Crippen molar-refractivity contribution >= 4 is 63.8 Å². The first-order valence-electron chi connectivity index (χ1n) is 21.6. The summed E-state index contributed by atoms with van der Waals surface area (Å²) in [6.07, 6.45) is 0. The van der Waals surface area contributed by atoms with Gasteiger partial charge in [0.1, 0.15) is 0 Å². The van der Waals surface area contributed by atoms with Crippen LogP contribution in [0.1, 0.15) is 49.9 Å². The smallest absolute Gasteiger partial charge is 0.0361 e. The molecule has 0 aliphatic heterocycles. The predicted molar refractivity (Wildman–Crippen MR) is 263 cm³/mol. The lowest BCUT2D eigenvalue weighted by Gasteiger charge is -2.24. The lowest BCUT2D eigenvalue weighted by Crippen LogP contribution is -2.15. The lowest BCUT2D eigenvalue weighted by molar-refractivity contribution is 0.660. The van der Waals surface area contributed by atoms with Crippen LogP contribution in [0.15, 0.2) is 182 Å². The van der Waals surface area contributed by atoms with E-state index in [0.717, 1.165) is 0 Å². The maximum absolute atomic E-state index is 2.48. The second-order valence-electron chi connectivity index (χ2n) is 18.4. The zero-order valence-corrected chi connectivity index (χ0v) is 35.5. The van der Waals surface area contributed by atoms with Gasteiger partial charge in [-0.25, -0.2) is 0 Å². The molecule has 1 aromatic heterocycles. The van der Waals surface area contributed by atoms with Crippen LogP contribution in [0.5, 0.6) is 0 Å². The molecule has 0 fully saturated rings. The van der Waals surface area contributed by atoms with E-state index >= 15 is 0 Å². The Morgan fingerprint density at radius 1 is 0.328 bits per heavy atom. The zero-order valence-electron chi connectivity index (χ0n) is 34.7. The van der Waals surface area contributed by atoms with Crippen molar-refractivity contribution in [2.45, 2.75) is 38.5 Å². The highest BCUT2D eigenvalue weighted by Gasteiger charge is 2.39. The number of hydrogen-bond acceptors (Lipinski definition) is 1. The highest BCUT2D eigenvalue weighted by Crippen LogP contribution is 2.56. The molecular formula is C60H42S. The van der Waals surface area contributed by atoms with Gasteiger partial charge < -0.3 is 0 Å². The van der Waals surface area contributed by atoms with Crippen molar-refractivity contribution < 1.29 is 0 Å². The Morgan fingerprint density at radius 2 is 0.852 bits per heavy atom. The molecule has 0 atom stereocenters. The average Bonchev–Trinajstić information content (AvgIpc) is 3.87. The van der Waals surface area contributed by atoms with E-state index in [1.807, 2.05) is 11.3 Å². The molecule has 0 unspecified atom stereocenters. The van der Waals surface area contributed by atoms with Crippen molar-refractivity contribution in [3.8, 4) is 55.6 Å². The van der Waals surface area contributed by atoms with Crippen molar-refractivity contribution in [3.63, 3.8) is 0 Å². The Bertz CT molecular complexity index is 3630. The Kier molecular flexibility index (Phi) is 7.11. The van der Waals surface area contributed by atoms with Gasteiger partial charge in [0.2, 0.25) is 0 Å². The molecule has 288 valence electrons. The molecule has 13 rings (SSSR count). The largest absolute Gasteiger partial charge is 0.135 e. The van der Waals surface area contributed by atoms with Gasteiger partial charge in [0.25, 0.3) is 0 Å². The summed E-state index contributed by atoms with van der Waals surface area (Å²) < 4.78 is 2.72. The molecule has 61 heavy (non-hydrogen) atoms. The standard InChI is InChI=1S/C60H42S/c1-59(2)49-30-25-39(55-43-18-10-8-16-41(43)54(35-14-6-5-7-15-35)42-17-9-11-19-44(42)55)33-47(49)40-27-23-38(34-51(40)59)37-24-29-50-48(32-37)45-28-22-36-26-31-53-57(56(36)58(45)60(50,3)4)46-20-12-13-21-52(46)61-53/h5-34H,1-4H3. The summed E-state index contributed by atoms with van der Waals surface area (Å²) in [5, 5.41) is 10.7. The van der Waals surface area contributed by atoms with Gasteiger partial charge in [0, 0.05) is 31.0 Å². The molecule has 2 aliphatic rings. The number of rotatable bonds is 3. The van der Waals surface area contributed by atoms with Gasteiger partial charge in [0.15, 0.2) is 0 Å². The van der Waals surface area contributed by atoms with Crippen molar-refractivity contribution in [1.29, 1.82) is 0 Å². The van der Waals surface area contributed by atoms with Crippen LogP contribution in [-0.2, 0) is 10.8 Å². The summed E-state index contributed by atoms with van der Waals surface area (Å²) in [6, 6.07) is 68.9. The topological polar surface area (TPSA) is 0 Å². The fraction of sp³-hybridized carbons (Fsp3) is 0.100. The van der Waals surface area contributed by atoms with Crippen LogP contribution in [0.2, 0.25) is 0 Å².